The van der Waals surface area contributed by atoms with Crippen molar-refractivity contribution in [2.45, 2.75) is 39.0 Å². The van der Waals surface area contributed by atoms with E-state index < -0.39 is 10.0 Å². The van der Waals surface area contributed by atoms with E-state index in [4.69, 9.17) is 0 Å². The molecule has 0 saturated carbocycles. The molecule has 8 heteroatoms. The number of hydrogen-bond acceptors (Lipinski definition) is 6. The molecule has 0 aliphatic carbocycles. The number of thiazole rings is 1. The molecule has 1 atom stereocenters. The van der Waals surface area contributed by atoms with Gasteiger partial charge in [-0.3, -0.25) is 9.97 Å². The lowest BCUT2D eigenvalue weighted by Crippen LogP contribution is -2.38. The number of piperidine rings is 1. The summed E-state index contributed by atoms with van der Waals surface area (Å²) in [7, 11) is -3.18. The molecule has 3 rings (SSSR count). The molecule has 3 heterocycles. The van der Waals surface area contributed by atoms with Gasteiger partial charge < -0.3 is 0 Å². The van der Waals surface area contributed by atoms with Crippen LogP contribution in [0.25, 0.3) is 10.6 Å². The van der Waals surface area contributed by atoms with Crippen LogP contribution < -0.4 is 0 Å². The zero-order valence-electron chi connectivity index (χ0n) is 14.8. The van der Waals surface area contributed by atoms with Gasteiger partial charge in [0, 0.05) is 44.0 Å². The van der Waals surface area contributed by atoms with Gasteiger partial charge >= 0.3 is 0 Å². The number of aromatic nitrogens is 3. The third-order valence-corrected chi connectivity index (χ3v) is 6.63. The number of sulfonamides is 1. The quantitative estimate of drug-likeness (QED) is 0.797. The molecule has 0 aromatic carbocycles. The fraction of sp³-hybridized carbons (Fsp3) is 0.588. The minimum atomic E-state index is -3.18. The van der Waals surface area contributed by atoms with Crippen molar-refractivity contribution in [3.63, 3.8) is 0 Å². The Morgan fingerprint density at radius 3 is 2.76 bits per heavy atom. The van der Waals surface area contributed by atoms with E-state index in [1.54, 1.807) is 28.0 Å². The van der Waals surface area contributed by atoms with Gasteiger partial charge in [0.2, 0.25) is 10.0 Å². The standard InChI is InChI=1S/C17H24N4O2S2/c1-12(2)9-15-20-10-14(24-15)17-16(18-6-7-19-17)13-5-4-8-21(11-13)25(3,22)23/h6-7,10,12-13H,4-5,8-9,11H2,1-3H3/t13-/m1/s1. The molecule has 2 aromatic rings. The summed E-state index contributed by atoms with van der Waals surface area (Å²) < 4.78 is 25.4. The van der Waals surface area contributed by atoms with Gasteiger partial charge in [0.05, 0.1) is 21.8 Å². The van der Waals surface area contributed by atoms with Crippen molar-refractivity contribution in [2.24, 2.45) is 5.92 Å². The molecule has 0 bridgehead atoms. The van der Waals surface area contributed by atoms with E-state index in [1.165, 1.54) is 6.26 Å². The second kappa shape index (κ2) is 7.47. The normalized spacial score (nSPS) is 19.4. The minimum Gasteiger partial charge on any atom is -0.257 e. The van der Waals surface area contributed by atoms with Crippen molar-refractivity contribution in [2.75, 3.05) is 19.3 Å². The maximum atomic E-state index is 11.9. The zero-order valence-corrected chi connectivity index (χ0v) is 16.5. The first kappa shape index (κ1) is 18.4. The van der Waals surface area contributed by atoms with E-state index in [2.05, 4.69) is 28.8 Å². The molecule has 25 heavy (non-hydrogen) atoms. The Morgan fingerprint density at radius 2 is 2.04 bits per heavy atom. The van der Waals surface area contributed by atoms with Crippen molar-refractivity contribution < 1.29 is 8.42 Å². The fourth-order valence-electron chi connectivity index (χ4n) is 3.17. The van der Waals surface area contributed by atoms with Crippen molar-refractivity contribution in [3.8, 4) is 10.6 Å². The Labute approximate surface area is 153 Å². The summed E-state index contributed by atoms with van der Waals surface area (Å²) in [5, 5.41) is 1.10. The van der Waals surface area contributed by atoms with Crippen molar-refractivity contribution in [1.82, 2.24) is 19.3 Å². The first-order valence-electron chi connectivity index (χ1n) is 8.55. The van der Waals surface area contributed by atoms with Crippen LogP contribution in [0, 0.1) is 5.92 Å². The second-order valence-electron chi connectivity index (χ2n) is 6.97. The van der Waals surface area contributed by atoms with Crippen molar-refractivity contribution in [1.29, 1.82) is 0 Å². The predicted molar refractivity (Wildman–Crippen MR) is 100 cm³/mol. The highest BCUT2D eigenvalue weighted by molar-refractivity contribution is 7.88. The van der Waals surface area contributed by atoms with Crippen molar-refractivity contribution in [3.05, 3.63) is 29.3 Å². The lowest BCUT2D eigenvalue weighted by Gasteiger charge is -2.31. The molecule has 0 radical (unpaired) electrons. The van der Waals surface area contributed by atoms with E-state index in [0.29, 0.717) is 19.0 Å². The summed E-state index contributed by atoms with van der Waals surface area (Å²) in [6.45, 7) is 5.42. The van der Waals surface area contributed by atoms with Crippen molar-refractivity contribution >= 4 is 21.4 Å². The van der Waals surface area contributed by atoms with Gasteiger partial charge in [0.25, 0.3) is 0 Å². The van der Waals surface area contributed by atoms with Crippen LogP contribution >= 0.6 is 11.3 Å². The van der Waals surface area contributed by atoms with E-state index in [0.717, 1.165) is 40.5 Å². The third-order valence-electron chi connectivity index (χ3n) is 4.34. The van der Waals surface area contributed by atoms with Gasteiger partial charge in [0.1, 0.15) is 5.69 Å². The van der Waals surface area contributed by atoms with Crippen LogP contribution in [0.2, 0.25) is 0 Å². The van der Waals surface area contributed by atoms with Gasteiger partial charge in [-0.05, 0) is 18.8 Å². The molecule has 0 unspecified atom stereocenters. The van der Waals surface area contributed by atoms with E-state index in [9.17, 15) is 8.42 Å². The lowest BCUT2D eigenvalue weighted by atomic mass is 9.94. The summed E-state index contributed by atoms with van der Waals surface area (Å²) in [5.41, 5.74) is 1.73. The molecule has 0 amide bonds. The highest BCUT2D eigenvalue weighted by atomic mass is 32.2. The molecule has 1 aliphatic rings. The van der Waals surface area contributed by atoms with Crippen LogP contribution in [-0.2, 0) is 16.4 Å². The Kier molecular flexibility index (Phi) is 5.50. The van der Waals surface area contributed by atoms with Crippen LogP contribution in [0.5, 0.6) is 0 Å². The van der Waals surface area contributed by atoms with E-state index >= 15 is 0 Å². The molecule has 1 aliphatic heterocycles. The van der Waals surface area contributed by atoms with Gasteiger partial charge in [-0.2, -0.15) is 0 Å². The van der Waals surface area contributed by atoms with Gasteiger partial charge in [-0.25, -0.2) is 17.7 Å². The van der Waals surface area contributed by atoms with Crippen LogP contribution in [0.15, 0.2) is 18.6 Å². The molecule has 136 valence electrons. The highest BCUT2D eigenvalue weighted by Crippen LogP contribution is 2.34. The highest BCUT2D eigenvalue weighted by Gasteiger charge is 2.30. The summed E-state index contributed by atoms with van der Waals surface area (Å²) in [5.74, 6) is 0.629. The number of hydrogen-bond donors (Lipinski definition) is 0. The Bertz CT molecular complexity index is 833. The molecule has 0 spiro atoms. The fourth-order valence-corrected chi connectivity index (χ4v) is 5.21. The largest absolute Gasteiger partial charge is 0.257 e. The summed E-state index contributed by atoms with van der Waals surface area (Å²) in [4.78, 5) is 14.6. The number of rotatable bonds is 5. The molecule has 0 N–H and O–H groups in total. The molecule has 2 aromatic heterocycles. The molecular formula is C17H24N4O2S2. The molecule has 1 saturated heterocycles. The van der Waals surface area contributed by atoms with Gasteiger partial charge in [-0.1, -0.05) is 13.8 Å². The minimum absolute atomic E-state index is 0.0721. The van der Waals surface area contributed by atoms with Crippen LogP contribution in [0.1, 0.15) is 43.3 Å². The molecular weight excluding hydrogens is 356 g/mol. The maximum absolute atomic E-state index is 11.9. The Morgan fingerprint density at radius 1 is 1.28 bits per heavy atom. The molecule has 1 fully saturated rings. The first-order chi connectivity index (χ1) is 11.8. The van der Waals surface area contributed by atoms with E-state index in [-0.39, 0.29) is 5.92 Å². The number of nitrogens with zero attached hydrogens (tertiary/aromatic N) is 4. The average molecular weight is 381 g/mol. The molecule has 6 nitrogen and oxygen atoms in total. The SMILES string of the molecule is CC(C)Cc1ncc(-c2nccnc2[C@@H]2CCCN(S(C)(=O)=O)C2)s1. The first-order valence-corrected chi connectivity index (χ1v) is 11.2. The summed E-state index contributed by atoms with van der Waals surface area (Å²) >= 11 is 1.65. The van der Waals surface area contributed by atoms with Gasteiger partial charge in [0.15, 0.2) is 0 Å². The zero-order chi connectivity index (χ0) is 18.0. The summed E-state index contributed by atoms with van der Waals surface area (Å²) in [6.07, 6.45) is 9.24. The van der Waals surface area contributed by atoms with Gasteiger partial charge in [-0.15, -0.1) is 11.3 Å². The smallest absolute Gasteiger partial charge is 0.211 e. The maximum Gasteiger partial charge on any atom is 0.211 e. The monoisotopic (exact) mass is 380 g/mol. The van der Waals surface area contributed by atoms with E-state index in [1.807, 2.05) is 6.20 Å². The summed E-state index contributed by atoms with van der Waals surface area (Å²) in [6, 6.07) is 0. The third kappa shape index (κ3) is 4.43. The lowest BCUT2D eigenvalue weighted by molar-refractivity contribution is 0.314. The van der Waals surface area contributed by atoms with Crippen LogP contribution in [0.3, 0.4) is 0 Å². The van der Waals surface area contributed by atoms with Crippen LogP contribution in [-0.4, -0.2) is 47.0 Å². The Hall–Kier alpha value is -1.38. The van der Waals surface area contributed by atoms with Crippen LogP contribution in [0.4, 0.5) is 0 Å². The topological polar surface area (TPSA) is 76.1 Å². The predicted octanol–water partition coefficient (Wildman–Crippen LogP) is 2.94. The Balaban J connectivity index is 1.89. The second-order valence-corrected chi connectivity index (χ2v) is 10.1. The average Bonchev–Trinajstić information content (AvgIpc) is 3.02.